The van der Waals surface area contributed by atoms with E-state index >= 15 is 0 Å². The second-order valence-corrected chi connectivity index (χ2v) is 3.26. The molecule has 0 aliphatic carbocycles. The van der Waals surface area contributed by atoms with E-state index in [2.05, 4.69) is 11.9 Å². The molecule has 1 aromatic rings. The predicted molar refractivity (Wildman–Crippen MR) is 60.4 cm³/mol. The average molecular weight is 220 g/mol. The number of rotatable bonds is 4. The Kier molecular flexibility index (Phi) is 3.77. The maximum Gasteiger partial charge on any atom is 0.272 e. The number of nitro groups is 1. The monoisotopic (exact) mass is 220 g/mol. The van der Waals surface area contributed by atoms with E-state index in [9.17, 15) is 14.9 Å². The average Bonchev–Trinajstić information content (AvgIpc) is 2.25. The highest BCUT2D eigenvalue weighted by atomic mass is 16.6. The lowest BCUT2D eigenvalue weighted by atomic mass is 10.1. The number of nitrogens with one attached hydrogen (secondary N) is 1. The molecule has 0 spiro atoms. The first-order valence-corrected chi connectivity index (χ1v) is 4.70. The second-order valence-electron chi connectivity index (χ2n) is 3.26. The molecule has 0 atom stereocenters. The summed E-state index contributed by atoms with van der Waals surface area (Å²) in [6.45, 7) is 5.45. The third kappa shape index (κ3) is 2.66. The molecule has 1 amide bonds. The van der Waals surface area contributed by atoms with Crippen LogP contribution in [0.4, 0.5) is 5.69 Å². The largest absolute Gasteiger partial charge is 0.349 e. The van der Waals surface area contributed by atoms with Gasteiger partial charge in [0.1, 0.15) is 0 Å². The van der Waals surface area contributed by atoms with Crippen LogP contribution in [0.15, 0.2) is 30.9 Å². The number of aryl methyl sites for hydroxylation is 1. The Morgan fingerprint density at radius 2 is 2.31 bits per heavy atom. The van der Waals surface area contributed by atoms with Crippen LogP contribution in [0.2, 0.25) is 0 Å². The summed E-state index contributed by atoms with van der Waals surface area (Å²) in [5, 5.41) is 13.2. The minimum atomic E-state index is -0.471. The van der Waals surface area contributed by atoms with Crippen molar-refractivity contribution in [2.45, 2.75) is 6.92 Å². The zero-order valence-electron chi connectivity index (χ0n) is 8.90. The van der Waals surface area contributed by atoms with Gasteiger partial charge in [-0.3, -0.25) is 14.9 Å². The van der Waals surface area contributed by atoms with Crippen molar-refractivity contribution >= 4 is 11.6 Å². The highest BCUT2D eigenvalue weighted by Crippen LogP contribution is 2.18. The number of benzene rings is 1. The first-order valence-electron chi connectivity index (χ1n) is 4.70. The molecule has 0 aromatic heterocycles. The second kappa shape index (κ2) is 5.06. The van der Waals surface area contributed by atoms with Crippen LogP contribution in [0.1, 0.15) is 15.9 Å². The molecule has 0 saturated heterocycles. The molecule has 5 nitrogen and oxygen atoms in total. The first kappa shape index (κ1) is 11.9. The SMILES string of the molecule is C=CCNC(=O)c1ccc([N+](=O)[O-])c(C)c1. The van der Waals surface area contributed by atoms with Crippen LogP contribution in [0.25, 0.3) is 0 Å². The standard InChI is InChI=1S/C11H12N2O3/c1-3-6-12-11(14)9-4-5-10(13(15)16)8(2)7-9/h3-5,7H,1,6H2,2H3,(H,12,14). The summed E-state index contributed by atoms with van der Waals surface area (Å²) >= 11 is 0. The molecule has 0 radical (unpaired) electrons. The van der Waals surface area contributed by atoms with Gasteiger partial charge in [0.15, 0.2) is 0 Å². The van der Waals surface area contributed by atoms with Crippen molar-refractivity contribution < 1.29 is 9.72 Å². The summed E-state index contributed by atoms with van der Waals surface area (Å²) in [6.07, 6.45) is 1.57. The summed E-state index contributed by atoms with van der Waals surface area (Å²) in [5.41, 5.74) is 0.890. The number of amides is 1. The predicted octanol–water partition coefficient (Wildman–Crippen LogP) is 1.82. The molecule has 0 heterocycles. The summed E-state index contributed by atoms with van der Waals surface area (Å²) in [4.78, 5) is 21.6. The Labute approximate surface area is 92.9 Å². The number of nitro benzene ring substituents is 1. The van der Waals surface area contributed by atoms with E-state index in [1.807, 2.05) is 0 Å². The van der Waals surface area contributed by atoms with E-state index in [0.29, 0.717) is 17.7 Å². The molecule has 84 valence electrons. The summed E-state index contributed by atoms with van der Waals surface area (Å²) in [5.74, 6) is -0.266. The quantitative estimate of drug-likeness (QED) is 0.478. The van der Waals surface area contributed by atoms with Crippen LogP contribution in [0, 0.1) is 17.0 Å². The molecule has 0 aliphatic rings. The summed E-state index contributed by atoms with van der Waals surface area (Å²) in [6, 6.07) is 4.26. The molecule has 0 unspecified atom stereocenters. The van der Waals surface area contributed by atoms with Crippen LogP contribution in [0.3, 0.4) is 0 Å². The number of nitrogens with zero attached hydrogens (tertiary/aromatic N) is 1. The summed E-state index contributed by atoms with van der Waals surface area (Å²) < 4.78 is 0. The van der Waals surface area contributed by atoms with Gasteiger partial charge in [0.25, 0.3) is 11.6 Å². The van der Waals surface area contributed by atoms with E-state index in [1.54, 1.807) is 13.0 Å². The maximum absolute atomic E-state index is 11.5. The van der Waals surface area contributed by atoms with Crippen LogP contribution in [-0.4, -0.2) is 17.4 Å². The van der Waals surface area contributed by atoms with Gasteiger partial charge in [0.2, 0.25) is 0 Å². The maximum atomic E-state index is 11.5. The molecule has 1 N–H and O–H groups in total. The van der Waals surface area contributed by atoms with Crippen molar-refractivity contribution in [2.24, 2.45) is 0 Å². The van der Waals surface area contributed by atoms with E-state index in [4.69, 9.17) is 0 Å². The fraction of sp³-hybridized carbons (Fsp3) is 0.182. The topological polar surface area (TPSA) is 72.2 Å². The first-order chi connectivity index (χ1) is 7.56. The molecule has 0 bridgehead atoms. The van der Waals surface area contributed by atoms with Crippen molar-refractivity contribution in [3.05, 3.63) is 52.1 Å². The highest BCUT2D eigenvalue weighted by molar-refractivity contribution is 5.94. The van der Waals surface area contributed by atoms with Gasteiger partial charge in [0.05, 0.1) is 4.92 Å². The number of carbonyl (C=O) groups excluding carboxylic acids is 1. The van der Waals surface area contributed by atoms with E-state index in [1.165, 1.54) is 18.2 Å². The Bertz CT molecular complexity index is 441. The molecule has 0 fully saturated rings. The van der Waals surface area contributed by atoms with Gasteiger partial charge in [-0.1, -0.05) is 6.08 Å². The zero-order valence-corrected chi connectivity index (χ0v) is 8.90. The Morgan fingerprint density at radius 3 is 2.81 bits per heavy atom. The van der Waals surface area contributed by atoms with Gasteiger partial charge < -0.3 is 5.32 Å². The lowest BCUT2D eigenvalue weighted by molar-refractivity contribution is -0.385. The van der Waals surface area contributed by atoms with Crippen molar-refractivity contribution in [2.75, 3.05) is 6.54 Å². The lowest BCUT2D eigenvalue weighted by Gasteiger charge is -2.03. The zero-order chi connectivity index (χ0) is 12.1. The van der Waals surface area contributed by atoms with Gasteiger partial charge in [-0.15, -0.1) is 6.58 Å². The van der Waals surface area contributed by atoms with Gasteiger partial charge in [-0.25, -0.2) is 0 Å². The van der Waals surface area contributed by atoms with Crippen molar-refractivity contribution in [1.82, 2.24) is 5.32 Å². The minimum Gasteiger partial charge on any atom is -0.349 e. The molecular weight excluding hydrogens is 208 g/mol. The van der Waals surface area contributed by atoms with E-state index in [-0.39, 0.29) is 11.6 Å². The normalized spacial score (nSPS) is 9.56. The Hall–Kier alpha value is -2.17. The molecule has 0 saturated carbocycles. The lowest BCUT2D eigenvalue weighted by Crippen LogP contribution is -2.23. The van der Waals surface area contributed by atoms with Crippen molar-refractivity contribution in [3.63, 3.8) is 0 Å². The fourth-order valence-electron chi connectivity index (χ4n) is 1.27. The molecule has 16 heavy (non-hydrogen) atoms. The van der Waals surface area contributed by atoms with Gasteiger partial charge in [-0.2, -0.15) is 0 Å². The molecule has 1 rings (SSSR count). The van der Waals surface area contributed by atoms with Crippen LogP contribution < -0.4 is 5.32 Å². The van der Waals surface area contributed by atoms with Crippen LogP contribution in [-0.2, 0) is 0 Å². The van der Waals surface area contributed by atoms with Crippen molar-refractivity contribution in [3.8, 4) is 0 Å². The van der Waals surface area contributed by atoms with Crippen molar-refractivity contribution in [1.29, 1.82) is 0 Å². The fourth-order valence-corrected chi connectivity index (χ4v) is 1.27. The van der Waals surface area contributed by atoms with Gasteiger partial charge in [-0.05, 0) is 19.1 Å². The smallest absolute Gasteiger partial charge is 0.272 e. The third-order valence-electron chi connectivity index (χ3n) is 2.06. The molecule has 1 aromatic carbocycles. The molecular formula is C11H12N2O3. The van der Waals surface area contributed by atoms with E-state index in [0.717, 1.165) is 0 Å². The number of carbonyl (C=O) groups is 1. The van der Waals surface area contributed by atoms with E-state index < -0.39 is 4.92 Å². The van der Waals surface area contributed by atoms with Crippen LogP contribution >= 0.6 is 0 Å². The van der Waals surface area contributed by atoms with Crippen LogP contribution in [0.5, 0.6) is 0 Å². The third-order valence-corrected chi connectivity index (χ3v) is 2.06. The molecule has 5 heteroatoms. The Morgan fingerprint density at radius 1 is 1.62 bits per heavy atom. The number of hydrogen-bond acceptors (Lipinski definition) is 3. The highest BCUT2D eigenvalue weighted by Gasteiger charge is 2.12. The minimum absolute atomic E-state index is 0.0141. The molecule has 0 aliphatic heterocycles. The van der Waals surface area contributed by atoms with Gasteiger partial charge >= 0.3 is 0 Å². The van der Waals surface area contributed by atoms with Gasteiger partial charge in [0, 0.05) is 23.7 Å². The Balaban J connectivity index is 2.92. The number of hydrogen-bond donors (Lipinski definition) is 1. The summed E-state index contributed by atoms with van der Waals surface area (Å²) in [7, 11) is 0.